The molecule has 9 nitrogen and oxygen atoms in total. The summed E-state index contributed by atoms with van der Waals surface area (Å²) in [7, 11) is -4.34. The van der Waals surface area contributed by atoms with Crippen LogP contribution in [-0.2, 0) is 39.5 Å². The standard InChI is InChI=1S/C30H27F3N4O5S/c1-19-26(27-34-14-5-15-37(27)35-19)43(40,41)36(18-24-12-13-25(42-24)30(31,32)33)17-20-8-10-21(11-9-20)22-6-4-7-23(16-22)29(2,3)28(38)39/h4-16H,17-18H2,1-3H3,(H,38,39). The first-order chi connectivity index (χ1) is 20.2. The molecule has 224 valence electrons. The lowest BCUT2D eigenvalue weighted by Crippen LogP contribution is -2.30. The Hall–Kier alpha value is -4.49. The number of carbonyl (C=O) groups is 1. The van der Waals surface area contributed by atoms with Gasteiger partial charge in [-0.25, -0.2) is 17.9 Å². The maximum atomic E-state index is 14.0. The molecule has 0 amide bonds. The van der Waals surface area contributed by atoms with E-state index in [1.165, 1.54) is 17.6 Å². The lowest BCUT2D eigenvalue weighted by atomic mass is 9.83. The predicted octanol–water partition coefficient (Wildman–Crippen LogP) is 6.07. The molecule has 1 N–H and O–H groups in total. The number of hydrogen-bond donors (Lipinski definition) is 1. The first kappa shape index (κ1) is 30.0. The van der Waals surface area contributed by atoms with E-state index < -0.39 is 39.9 Å². The lowest BCUT2D eigenvalue weighted by Gasteiger charge is -2.22. The third-order valence-electron chi connectivity index (χ3n) is 7.15. The molecule has 0 bridgehead atoms. The Bertz CT molecular complexity index is 1910. The van der Waals surface area contributed by atoms with Gasteiger partial charge >= 0.3 is 12.1 Å². The minimum Gasteiger partial charge on any atom is -0.481 e. The quantitative estimate of drug-likeness (QED) is 0.215. The summed E-state index contributed by atoms with van der Waals surface area (Å²) in [6.45, 7) is 4.08. The number of alkyl halides is 3. The van der Waals surface area contributed by atoms with Crippen molar-refractivity contribution in [2.45, 2.75) is 50.3 Å². The van der Waals surface area contributed by atoms with Crippen LogP contribution in [0.2, 0.25) is 0 Å². The zero-order chi connectivity index (χ0) is 31.2. The van der Waals surface area contributed by atoms with Crippen LogP contribution >= 0.6 is 0 Å². The number of aliphatic carboxylic acids is 1. The Morgan fingerprint density at radius 1 is 1.00 bits per heavy atom. The van der Waals surface area contributed by atoms with Crippen molar-refractivity contribution >= 4 is 21.6 Å². The third-order valence-corrected chi connectivity index (χ3v) is 9.08. The summed E-state index contributed by atoms with van der Waals surface area (Å²) in [5, 5.41) is 13.8. The average molecular weight is 613 g/mol. The average Bonchev–Trinajstić information content (AvgIpc) is 3.57. The Balaban J connectivity index is 1.50. The van der Waals surface area contributed by atoms with Crippen molar-refractivity contribution in [2.75, 3.05) is 0 Å². The molecule has 3 heterocycles. The normalized spacial score (nSPS) is 12.7. The molecule has 0 saturated heterocycles. The number of sulfonamides is 1. The van der Waals surface area contributed by atoms with Crippen LogP contribution in [0.25, 0.3) is 16.8 Å². The van der Waals surface area contributed by atoms with Gasteiger partial charge in [0.25, 0.3) is 0 Å². The van der Waals surface area contributed by atoms with Crippen molar-refractivity contribution < 1.29 is 35.9 Å². The van der Waals surface area contributed by atoms with Crippen LogP contribution in [0.1, 0.15) is 42.2 Å². The number of benzene rings is 2. The number of halogens is 3. The number of carboxylic acids is 1. The maximum Gasteiger partial charge on any atom is 0.449 e. The molecule has 5 rings (SSSR count). The summed E-state index contributed by atoms with van der Waals surface area (Å²) in [6, 6.07) is 17.5. The molecule has 0 fully saturated rings. The molecular formula is C30H27F3N4O5S. The van der Waals surface area contributed by atoms with E-state index in [-0.39, 0.29) is 28.5 Å². The van der Waals surface area contributed by atoms with Crippen LogP contribution < -0.4 is 0 Å². The minimum atomic E-state index is -4.72. The van der Waals surface area contributed by atoms with Gasteiger partial charge < -0.3 is 9.52 Å². The fraction of sp³-hybridized carbons (Fsp3) is 0.233. The van der Waals surface area contributed by atoms with Gasteiger partial charge in [0.2, 0.25) is 15.8 Å². The number of aromatic nitrogens is 3. The van der Waals surface area contributed by atoms with Crippen LogP contribution in [0.5, 0.6) is 0 Å². The number of nitrogens with zero attached hydrogens (tertiary/aromatic N) is 4. The van der Waals surface area contributed by atoms with Crippen molar-refractivity contribution in [3.05, 3.63) is 107 Å². The second-order valence-corrected chi connectivity index (χ2v) is 12.4. The smallest absolute Gasteiger partial charge is 0.449 e. The molecule has 2 aromatic carbocycles. The van der Waals surface area contributed by atoms with E-state index in [0.717, 1.165) is 27.6 Å². The summed E-state index contributed by atoms with van der Waals surface area (Å²) in [6.07, 6.45) is -1.75. The van der Waals surface area contributed by atoms with E-state index in [9.17, 15) is 31.5 Å². The van der Waals surface area contributed by atoms with Gasteiger partial charge in [0.15, 0.2) is 5.65 Å². The van der Waals surface area contributed by atoms with Gasteiger partial charge in [-0.15, -0.1) is 0 Å². The van der Waals surface area contributed by atoms with Crippen molar-refractivity contribution in [3.8, 4) is 11.1 Å². The zero-order valence-electron chi connectivity index (χ0n) is 23.3. The first-order valence-corrected chi connectivity index (χ1v) is 14.5. The van der Waals surface area contributed by atoms with Crippen LogP contribution in [-0.4, -0.2) is 38.4 Å². The monoisotopic (exact) mass is 612 g/mol. The fourth-order valence-corrected chi connectivity index (χ4v) is 6.30. The second-order valence-electron chi connectivity index (χ2n) is 10.5. The molecular weight excluding hydrogens is 585 g/mol. The Kier molecular flexibility index (Phi) is 7.65. The molecule has 0 atom stereocenters. The predicted molar refractivity (Wildman–Crippen MR) is 150 cm³/mol. The van der Waals surface area contributed by atoms with E-state index in [0.29, 0.717) is 11.1 Å². The summed E-state index contributed by atoms with van der Waals surface area (Å²) in [5.41, 5.74) is 1.87. The number of hydrogen-bond acceptors (Lipinski definition) is 6. The molecule has 0 aliphatic carbocycles. The number of fused-ring (bicyclic) bond motifs is 1. The van der Waals surface area contributed by atoms with Crippen molar-refractivity contribution in [3.63, 3.8) is 0 Å². The maximum absolute atomic E-state index is 14.0. The number of aryl methyl sites for hydroxylation is 1. The highest BCUT2D eigenvalue weighted by Gasteiger charge is 2.36. The fourth-order valence-electron chi connectivity index (χ4n) is 4.64. The summed E-state index contributed by atoms with van der Waals surface area (Å²) >= 11 is 0. The SMILES string of the molecule is Cc1nn2cccnc2c1S(=O)(=O)N(Cc1ccc(-c2cccc(C(C)(C)C(=O)O)c2)cc1)Cc1ccc(C(F)(F)F)o1. The summed E-state index contributed by atoms with van der Waals surface area (Å²) < 4.78 is 75.0. The molecule has 3 aromatic heterocycles. The highest BCUT2D eigenvalue weighted by Crippen LogP contribution is 2.33. The van der Waals surface area contributed by atoms with E-state index in [1.54, 1.807) is 68.6 Å². The zero-order valence-corrected chi connectivity index (χ0v) is 24.1. The van der Waals surface area contributed by atoms with Gasteiger partial charge in [-0.3, -0.25) is 4.79 Å². The van der Waals surface area contributed by atoms with Crippen LogP contribution in [0.4, 0.5) is 13.2 Å². The molecule has 0 saturated carbocycles. The largest absolute Gasteiger partial charge is 0.481 e. The minimum absolute atomic E-state index is 0.0833. The Labute approximate surface area is 245 Å². The van der Waals surface area contributed by atoms with E-state index >= 15 is 0 Å². The highest BCUT2D eigenvalue weighted by molar-refractivity contribution is 7.89. The summed E-state index contributed by atoms with van der Waals surface area (Å²) in [4.78, 5) is 15.7. The third kappa shape index (κ3) is 5.90. The topological polar surface area (TPSA) is 118 Å². The molecule has 0 aliphatic rings. The Morgan fingerprint density at radius 3 is 2.37 bits per heavy atom. The van der Waals surface area contributed by atoms with Gasteiger partial charge in [0.05, 0.1) is 17.7 Å². The van der Waals surface area contributed by atoms with Crippen LogP contribution in [0.3, 0.4) is 0 Å². The molecule has 13 heteroatoms. The van der Waals surface area contributed by atoms with Gasteiger partial charge in [-0.05, 0) is 61.2 Å². The molecule has 0 spiro atoms. The molecule has 0 aliphatic heterocycles. The van der Waals surface area contributed by atoms with Crippen LogP contribution in [0.15, 0.2) is 88.4 Å². The van der Waals surface area contributed by atoms with Crippen molar-refractivity contribution in [2.24, 2.45) is 0 Å². The van der Waals surface area contributed by atoms with Gasteiger partial charge in [0.1, 0.15) is 10.7 Å². The van der Waals surface area contributed by atoms with Gasteiger partial charge in [-0.1, -0.05) is 48.5 Å². The van der Waals surface area contributed by atoms with Crippen molar-refractivity contribution in [1.29, 1.82) is 0 Å². The van der Waals surface area contributed by atoms with E-state index in [1.807, 2.05) is 6.07 Å². The lowest BCUT2D eigenvalue weighted by molar-refractivity contribution is -0.153. The molecule has 0 radical (unpaired) electrons. The second kappa shape index (κ2) is 11.0. The van der Waals surface area contributed by atoms with Gasteiger partial charge in [-0.2, -0.15) is 22.6 Å². The van der Waals surface area contributed by atoms with Gasteiger partial charge in [0, 0.05) is 18.9 Å². The number of furan rings is 1. The number of rotatable bonds is 9. The van der Waals surface area contributed by atoms with E-state index in [4.69, 9.17) is 4.42 Å². The van der Waals surface area contributed by atoms with E-state index in [2.05, 4.69) is 10.1 Å². The Morgan fingerprint density at radius 2 is 1.72 bits per heavy atom. The number of carboxylic acid groups (broad SMARTS) is 1. The highest BCUT2D eigenvalue weighted by atomic mass is 32.2. The van der Waals surface area contributed by atoms with Crippen molar-refractivity contribution in [1.82, 2.24) is 18.9 Å². The summed E-state index contributed by atoms with van der Waals surface area (Å²) in [5.74, 6) is -2.38. The first-order valence-electron chi connectivity index (χ1n) is 13.1. The molecule has 5 aromatic rings. The molecule has 0 unspecified atom stereocenters. The molecule has 43 heavy (non-hydrogen) atoms. The van der Waals surface area contributed by atoms with Crippen LogP contribution in [0, 0.1) is 6.92 Å².